The first-order chi connectivity index (χ1) is 12.7. The number of ether oxygens (including phenoxy) is 1. The van der Waals surface area contributed by atoms with Crippen LogP contribution in [0.25, 0.3) is 10.9 Å². The normalized spacial score (nSPS) is 13.3. The zero-order chi connectivity index (χ0) is 18.1. The summed E-state index contributed by atoms with van der Waals surface area (Å²) < 4.78 is 4.80. The summed E-state index contributed by atoms with van der Waals surface area (Å²) in [6.07, 6.45) is 2.37. The van der Waals surface area contributed by atoms with Crippen LogP contribution in [-0.4, -0.2) is 40.5 Å². The van der Waals surface area contributed by atoms with E-state index in [4.69, 9.17) is 4.74 Å². The number of pyridine rings is 1. The number of urea groups is 1. The number of fused-ring (bicyclic) bond motifs is 3. The lowest BCUT2D eigenvalue weighted by Crippen LogP contribution is -2.38. The topological polar surface area (TPSA) is 87.3 Å². The van der Waals surface area contributed by atoms with Gasteiger partial charge in [0.2, 0.25) is 0 Å². The van der Waals surface area contributed by atoms with E-state index in [1.54, 1.807) is 29.3 Å². The molecule has 0 saturated heterocycles. The molecule has 0 fully saturated rings. The minimum atomic E-state index is -0.373. The second-order valence-electron chi connectivity index (χ2n) is 6.15. The molecular weight excluding hydrogens is 332 g/mol. The molecule has 0 aliphatic carbocycles. The molecule has 7 nitrogen and oxygen atoms in total. The summed E-state index contributed by atoms with van der Waals surface area (Å²) in [6.45, 7) is 1.08. The highest BCUT2D eigenvalue weighted by molar-refractivity contribution is 5.96. The number of H-pyrrole nitrogens is 1. The lowest BCUT2D eigenvalue weighted by atomic mass is 10.0. The van der Waals surface area contributed by atoms with Gasteiger partial charge in [-0.25, -0.2) is 14.6 Å². The monoisotopic (exact) mass is 350 g/mol. The van der Waals surface area contributed by atoms with Crippen LogP contribution in [-0.2, 0) is 17.7 Å². The van der Waals surface area contributed by atoms with E-state index in [0.717, 1.165) is 28.6 Å². The molecule has 0 radical (unpaired) electrons. The zero-order valence-electron chi connectivity index (χ0n) is 14.3. The summed E-state index contributed by atoms with van der Waals surface area (Å²) >= 11 is 0. The van der Waals surface area contributed by atoms with E-state index < -0.39 is 0 Å². The first kappa shape index (κ1) is 16.1. The van der Waals surface area contributed by atoms with E-state index in [2.05, 4.69) is 15.3 Å². The predicted octanol–water partition coefficient (Wildman–Crippen LogP) is 2.94. The van der Waals surface area contributed by atoms with Gasteiger partial charge in [0.25, 0.3) is 0 Å². The van der Waals surface area contributed by atoms with E-state index in [1.807, 2.05) is 18.2 Å². The van der Waals surface area contributed by atoms with Crippen LogP contribution in [0.15, 0.2) is 42.6 Å². The van der Waals surface area contributed by atoms with Gasteiger partial charge in [-0.3, -0.25) is 5.32 Å². The average molecular weight is 350 g/mol. The van der Waals surface area contributed by atoms with Gasteiger partial charge in [-0.15, -0.1) is 0 Å². The number of amides is 2. The molecular formula is C19H18N4O3. The summed E-state index contributed by atoms with van der Waals surface area (Å²) in [5.74, 6) is 0.151. The van der Waals surface area contributed by atoms with Crippen molar-refractivity contribution in [3.05, 3.63) is 59.4 Å². The predicted molar refractivity (Wildman–Crippen MR) is 97.0 cm³/mol. The Bertz CT molecular complexity index is 981. The molecule has 4 rings (SSSR count). The fourth-order valence-corrected chi connectivity index (χ4v) is 3.26. The van der Waals surface area contributed by atoms with E-state index in [1.165, 1.54) is 7.11 Å². The van der Waals surface area contributed by atoms with Crippen LogP contribution >= 0.6 is 0 Å². The Balaban J connectivity index is 1.60. The Labute approximate surface area is 150 Å². The third-order valence-electron chi connectivity index (χ3n) is 4.58. The maximum atomic E-state index is 12.5. The summed E-state index contributed by atoms with van der Waals surface area (Å²) in [7, 11) is 1.36. The third kappa shape index (κ3) is 2.88. The highest BCUT2D eigenvalue weighted by Gasteiger charge is 2.24. The number of nitrogens with zero attached hydrogens (tertiary/aromatic N) is 2. The van der Waals surface area contributed by atoms with Gasteiger partial charge in [0.1, 0.15) is 5.82 Å². The number of aromatic nitrogens is 2. The highest BCUT2D eigenvalue weighted by Crippen LogP contribution is 2.29. The Hall–Kier alpha value is -3.35. The number of rotatable bonds is 2. The summed E-state index contributed by atoms with van der Waals surface area (Å²) in [5.41, 5.74) is 3.59. The second kappa shape index (κ2) is 6.51. The molecule has 0 spiro atoms. The number of esters is 1. The fraction of sp³-hybridized carbons (Fsp3) is 0.211. The summed E-state index contributed by atoms with van der Waals surface area (Å²) in [5, 5.41) is 3.76. The Morgan fingerprint density at radius 3 is 2.92 bits per heavy atom. The van der Waals surface area contributed by atoms with Crippen molar-refractivity contribution in [2.75, 3.05) is 19.0 Å². The Kier molecular flexibility index (Phi) is 4.04. The molecule has 0 bridgehead atoms. The van der Waals surface area contributed by atoms with E-state index >= 15 is 0 Å². The maximum absolute atomic E-state index is 12.5. The molecule has 1 aromatic carbocycles. The van der Waals surface area contributed by atoms with Crippen LogP contribution in [0.2, 0.25) is 0 Å². The van der Waals surface area contributed by atoms with Crippen LogP contribution in [0.5, 0.6) is 0 Å². The van der Waals surface area contributed by atoms with Crippen LogP contribution in [0.1, 0.15) is 21.6 Å². The standard InChI is InChI=1S/C19H18N4O3/c1-26-18(24)12-5-6-15-13(10-12)14-11-23(9-7-16(14)21-15)19(25)22-17-4-2-3-8-20-17/h2-6,8,10,21H,7,9,11H2,1H3,(H,20,22,25). The first-order valence-electron chi connectivity index (χ1n) is 8.34. The van der Waals surface area contributed by atoms with E-state index in [9.17, 15) is 9.59 Å². The summed E-state index contributed by atoms with van der Waals surface area (Å²) in [4.78, 5) is 33.6. The molecule has 0 atom stereocenters. The molecule has 2 aromatic heterocycles. The van der Waals surface area contributed by atoms with Gasteiger partial charge in [-0.1, -0.05) is 6.07 Å². The van der Waals surface area contributed by atoms with Gasteiger partial charge in [0, 0.05) is 47.9 Å². The number of aromatic amines is 1. The Morgan fingerprint density at radius 1 is 1.27 bits per heavy atom. The molecule has 132 valence electrons. The first-order valence-corrected chi connectivity index (χ1v) is 8.34. The summed E-state index contributed by atoms with van der Waals surface area (Å²) in [6, 6.07) is 10.6. The fourth-order valence-electron chi connectivity index (χ4n) is 3.26. The van der Waals surface area contributed by atoms with Crippen molar-refractivity contribution in [3.8, 4) is 0 Å². The number of methoxy groups -OCH3 is 1. The van der Waals surface area contributed by atoms with Crippen molar-refractivity contribution in [1.29, 1.82) is 0 Å². The number of carbonyl (C=O) groups is 2. The smallest absolute Gasteiger partial charge is 0.337 e. The van der Waals surface area contributed by atoms with Crippen molar-refractivity contribution < 1.29 is 14.3 Å². The minimum absolute atomic E-state index is 0.187. The van der Waals surface area contributed by atoms with Crippen LogP contribution in [0.3, 0.4) is 0 Å². The van der Waals surface area contributed by atoms with Crippen LogP contribution in [0.4, 0.5) is 10.6 Å². The molecule has 1 aliphatic heterocycles. The number of anilines is 1. The molecule has 3 heterocycles. The Morgan fingerprint density at radius 2 is 2.15 bits per heavy atom. The van der Waals surface area contributed by atoms with E-state index in [0.29, 0.717) is 24.5 Å². The van der Waals surface area contributed by atoms with Gasteiger partial charge in [-0.05, 0) is 30.3 Å². The molecule has 0 unspecified atom stereocenters. The van der Waals surface area contributed by atoms with Crippen molar-refractivity contribution in [2.24, 2.45) is 0 Å². The molecule has 7 heteroatoms. The minimum Gasteiger partial charge on any atom is -0.465 e. The van der Waals surface area contributed by atoms with E-state index in [-0.39, 0.29) is 12.0 Å². The zero-order valence-corrected chi connectivity index (χ0v) is 14.3. The maximum Gasteiger partial charge on any atom is 0.337 e. The third-order valence-corrected chi connectivity index (χ3v) is 4.58. The highest BCUT2D eigenvalue weighted by atomic mass is 16.5. The molecule has 3 aromatic rings. The van der Waals surface area contributed by atoms with Crippen molar-refractivity contribution >= 4 is 28.7 Å². The number of hydrogen-bond acceptors (Lipinski definition) is 4. The lowest BCUT2D eigenvalue weighted by molar-refractivity contribution is 0.0601. The number of hydrogen-bond donors (Lipinski definition) is 2. The van der Waals surface area contributed by atoms with Crippen molar-refractivity contribution in [3.63, 3.8) is 0 Å². The molecule has 0 saturated carbocycles. The molecule has 1 aliphatic rings. The van der Waals surface area contributed by atoms with Crippen LogP contribution in [0, 0.1) is 0 Å². The van der Waals surface area contributed by atoms with Gasteiger partial charge in [0.15, 0.2) is 0 Å². The molecule has 26 heavy (non-hydrogen) atoms. The largest absolute Gasteiger partial charge is 0.465 e. The van der Waals surface area contributed by atoms with Gasteiger partial charge in [-0.2, -0.15) is 0 Å². The van der Waals surface area contributed by atoms with Gasteiger partial charge >= 0.3 is 12.0 Å². The number of nitrogens with one attached hydrogen (secondary N) is 2. The SMILES string of the molecule is COC(=O)c1ccc2[nH]c3c(c2c1)CN(C(=O)Nc1ccccn1)CC3. The average Bonchev–Trinajstić information content (AvgIpc) is 3.05. The van der Waals surface area contributed by atoms with Crippen LogP contribution < -0.4 is 5.32 Å². The van der Waals surface area contributed by atoms with Crippen molar-refractivity contribution in [1.82, 2.24) is 14.9 Å². The molecule has 2 amide bonds. The lowest BCUT2D eigenvalue weighted by Gasteiger charge is -2.27. The number of benzene rings is 1. The molecule has 2 N–H and O–H groups in total. The van der Waals surface area contributed by atoms with Crippen molar-refractivity contribution in [2.45, 2.75) is 13.0 Å². The second-order valence-corrected chi connectivity index (χ2v) is 6.15. The van der Waals surface area contributed by atoms with Gasteiger partial charge < -0.3 is 14.6 Å². The van der Waals surface area contributed by atoms with Gasteiger partial charge in [0.05, 0.1) is 12.7 Å². The quantitative estimate of drug-likeness (QED) is 0.696. The number of carbonyl (C=O) groups excluding carboxylic acids is 2.